The van der Waals surface area contributed by atoms with Crippen molar-refractivity contribution >= 4 is 50.9 Å². The number of aryl methyl sites for hydroxylation is 1. The Hall–Kier alpha value is -4.11. The Morgan fingerprint density at radius 3 is 2.60 bits per heavy atom. The van der Waals surface area contributed by atoms with Crippen molar-refractivity contribution in [2.75, 3.05) is 44.7 Å². The second-order valence-corrected chi connectivity index (χ2v) is 10.2. The highest BCUT2D eigenvalue weighted by atomic mass is 35.5. The predicted octanol–water partition coefficient (Wildman–Crippen LogP) is 5.61. The van der Waals surface area contributed by atoms with E-state index in [9.17, 15) is 4.79 Å². The highest BCUT2D eigenvalue weighted by Crippen LogP contribution is 2.34. The van der Waals surface area contributed by atoms with Gasteiger partial charge in [0.25, 0.3) is 5.91 Å². The number of nitrogens with zero attached hydrogens (tertiary/aromatic N) is 4. The third-order valence-corrected chi connectivity index (χ3v) is 7.35. The lowest BCUT2D eigenvalue weighted by atomic mass is 9.99. The Morgan fingerprint density at radius 2 is 1.80 bits per heavy atom. The molecule has 0 aliphatic carbocycles. The molecule has 8 nitrogen and oxygen atoms in total. The van der Waals surface area contributed by atoms with Crippen LogP contribution in [-0.2, 0) is 4.74 Å². The summed E-state index contributed by atoms with van der Waals surface area (Å²) < 4.78 is 5.37. The lowest BCUT2D eigenvalue weighted by Gasteiger charge is -2.26. The second-order valence-electron chi connectivity index (χ2n) is 9.80. The molecule has 202 valence electrons. The summed E-state index contributed by atoms with van der Waals surface area (Å²) in [7, 11) is 0. The molecule has 5 aromatic rings. The topological polar surface area (TPSA) is 92.3 Å². The molecular weight excluding hydrogens is 524 g/mol. The molecule has 0 spiro atoms. The van der Waals surface area contributed by atoms with Gasteiger partial charge in [-0.3, -0.25) is 9.69 Å². The number of morpholine rings is 1. The van der Waals surface area contributed by atoms with E-state index in [1.807, 2.05) is 42.5 Å². The minimum absolute atomic E-state index is 0.0950. The van der Waals surface area contributed by atoms with E-state index in [0.717, 1.165) is 71.6 Å². The Bertz CT molecular complexity index is 1690. The first-order valence-electron chi connectivity index (χ1n) is 13.3. The largest absolute Gasteiger partial charge is 0.379 e. The van der Waals surface area contributed by atoms with Gasteiger partial charge in [-0.05, 0) is 48.9 Å². The molecule has 1 aliphatic rings. The number of fused-ring (bicyclic) bond motifs is 3. The lowest BCUT2D eigenvalue weighted by Crippen LogP contribution is -2.41. The zero-order valence-electron chi connectivity index (χ0n) is 22.2. The van der Waals surface area contributed by atoms with Gasteiger partial charge < -0.3 is 15.4 Å². The van der Waals surface area contributed by atoms with Gasteiger partial charge in [0.1, 0.15) is 11.0 Å². The number of ether oxygens (including phenoxy) is 1. The van der Waals surface area contributed by atoms with Crippen LogP contribution >= 0.6 is 11.6 Å². The number of hydrogen-bond acceptors (Lipinski definition) is 7. The average molecular weight is 553 g/mol. The van der Waals surface area contributed by atoms with Gasteiger partial charge in [-0.1, -0.05) is 41.9 Å². The van der Waals surface area contributed by atoms with E-state index in [0.29, 0.717) is 28.6 Å². The van der Waals surface area contributed by atoms with Crippen LogP contribution < -0.4 is 10.6 Å². The molecule has 3 heterocycles. The second kappa shape index (κ2) is 11.6. The van der Waals surface area contributed by atoms with E-state index in [1.165, 1.54) is 0 Å². The molecule has 0 bridgehead atoms. The molecule has 0 atom stereocenters. The summed E-state index contributed by atoms with van der Waals surface area (Å²) in [5, 5.41) is 8.77. The van der Waals surface area contributed by atoms with Crippen molar-refractivity contribution in [3.8, 4) is 11.3 Å². The summed E-state index contributed by atoms with van der Waals surface area (Å²) in [6.07, 6.45) is 1.73. The Morgan fingerprint density at radius 1 is 1.00 bits per heavy atom. The Kier molecular flexibility index (Phi) is 7.55. The number of rotatable bonds is 7. The third-order valence-electron chi connectivity index (χ3n) is 7.11. The van der Waals surface area contributed by atoms with Crippen molar-refractivity contribution < 1.29 is 9.53 Å². The van der Waals surface area contributed by atoms with Crippen LogP contribution in [0.4, 0.5) is 11.6 Å². The Labute approximate surface area is 237 Å². The van der Waals surface area contributed by atoms with Crippen LogP contribution in [0, 0.1) is 6.92 Å². The fraction of sp³-hybridized carbons (Fsp3) is 0.226. The molecule has 6 rings (SSSR count). The minimum atomic E-state index is -0.0950. The molecule has 3 aromatic carbocycles. The number of aromatic nitrogens is 3. The zero-order chi connectivity index (χ0) is 27.5. The molecular formula is C31H29ClN6O2. The molecule has 40 heavy (non-hydrogen) atoms. The minimum Gasteiger partial charge on any atom is -0.379 e. The van der Waals surface area contributed by atoms with Crippen LogP contribution in [0.3, 0.4) is 0 Å². The molecule has 1 saturated heterocycles. The predicted molar refractivity (Wildman–Crippen MR) is 159 cm³/mol. The SMILES string of the molecule is Cc1ccccc1-c1nc2cnc(Nc3ccc(C(=O)NCCN4CCOCC4)cc3)nc2c2ccc(Cl)cc12. The van der Waals surface area contributed by atoms with Gasteiger partial charge in [0.2, 0.25) is 5.95 Å². The summed E-state index contributed by atoms with van der Waals surface area (Å²) in [5.74, 6) is 0.347. The van der Waals surface area contributed by atoms with E-state index in [2.05, 4.69) is 39.6 Å². The number of pyridine rings is 1. The summed E-state index contributed by atoms with van der Waals surface area (Å²) >= 11 is 6.40. The monoisotopic (exact) mass is 552 g/mol. The number of benzene rings is 3. The third kappa shape index (κ3) is 5.60. The van der Waals surface area contributed by atoms with Crippen LogP contribution in [0.25, 0.3) is 33.1 Å². The van der Waals surface area contributed by atoms with Crippen molar-refractivity contribution in [3.05, 3.63) is 89.1 Å². The maximum Gasteiger partial charge on any atom is 0.251 e. The van der Waals surface area contributed by atoms with Crippen LogP contribution in [0.15, 0.2) is 72.9 Å². The van der Waals surface area contributed by atoms with Crippen molar-refractivity contribution in [2.24, 2.45) is 0 Å². The van der Waals surface area contributed by atoms with Crippen LogP contribution in [0.5, 0.6) is 0 Å². The van der Waals surface area contributed by atoms with Crippen LogP contribution in [0.2, 0.25) is 5.02 Å². The number of carbonyl (C=O) groups is 1. The quantitative estimate of drug-likeness (QED) is 0.253. The van der Waals surface area contributed by atoms with E-state index in [4.69, 9.17) is 26.3 Å². The van der Waals surface area contributed by atoms with Crippen molar-refractivity contribution in [1.82, 2.24) is 25.2 Å². The number of halogens is 1. The van der Waals surface area contributed by atoms with Crippen molar-refractivity contribution in [3.63, 3.8) is 0 Å². The van der Waals surface area contributed by atoms with Gasteiger partial charge in [-0.15, -0.1) is 0 Å². The summed E-state index contributed by atoms with van der Waals surface area (Å²) in [6.45, 7) is 6.79. The van der Waals surface area contributed by atoms with E-state index in [-0.39, 0.29) is 5.91 Å². The highest BCUT2D eigenvalue weighted by Gasteiger charge is 2.15. The molecule has 1 fully saturated rings. The van der Waals surface area contributed by atoms with Crippen molar-refractivity contribution in [2.45, 2.75) is 6.92 Å². The molecule has 2 N–H and O–H groups in total. The smallest absolute Gasteiger partial charge is 0.251 e. The summed E-state index contributed by atoms with van der Waals surface area (Å²) in [5.41, 5.74) is 5.84. The summed E-state index contributed by atoms with van der Waals surface area (Å²) in [4.78, 5) is 29.1. The number of nitrogens with one attached hydrogen (secondary N) is 2. The maximum absolute atomic E-state index is 12.6. The van der Waals surface area contributed by atoms with Gasteiger partial charge in [0.15, 0.2) is 0 Å². The fourth-order valence-corrected chi connectivity index (χ4v) is 5.12. The average Bonchev–Trinajstić information content (AvgIpc) is 2.98. The number of anilines is 2. The van der Waals surface area contributed by atoms with Gasteiger partial charge in [-0.2, -0.15) is 0 Å². The van der Waals surface area contributed by atoms with Crippen LogP contribution in [0.1, 0.15) is 15.9 Å². The number of carbonyl (C=O) groups excluding carboxylic acids is 1. The fourth-order valence-electron chi connectivity index (χ4n) is 4.95. The Balaban J connectivity index is 1.21. The van der Waals surface area contributed by atoms with Gasteiger partial charge >= 0.3 is 0 Å². The normalized spacial score (nSPS) is 13.9. The van der Waals surface area contributed by atoms with Gasteiger partial charge in [0.05, 0.1) is 25.1 Å². The molecule has 0 unspecified atom stereocenters. The van der Waals surface area contributed by atoms with E-state index < -0.39 is 0 Å². The molecule has 1 aliphatic heterocycles. The van der Waals surface area contributed by atoms with E-state index in [1.54, 1.807) is 18.3 Å². The molecule has 1 amide bonds. The lowest BCUT2D eigenvalue weighted by molar-refractivity contribution is 0.0383. The standard InChI is InChI=1S/C31H29ClN6O2/c1-20-4-2-3-5-24(20)28-26-18-22(32)8-11-25(26)29-27(36-28)19-34-31(37-29)35-23-9-6-21(7-10-23)30(39)33-12-13-38-14-16-40-17-15-38/h2-11,18-19H,12-17H2,1H3,(H,33,39)(H,34,35,37). The van der Waals surface area contributed by atoms with E-state index >= 15 is 0 Å². The molecule has 2 aromatic heterocycles. The highest BCUT2D eigenvalue weighted by molar-refractivity contribution is 6.31. The zero-order valence-corrected chi connectivity index (χ0v) is 22.9. The van der Waals surface area contributed by atoms with Crippen molar-refractivity contribution in [1.29, 1.82) is 0 Å². The molecule has 0 saturated carbocycles. The van der Waals surface area contributed by atoms with Gasteiger partial charge in [0, 0.05) is 58.8 Å². The summed E-state index contributed by atoms with van der Waals surface area (Å²) in [6, 6.07) is 21.2. The van der Waals surface area contributed by atoms with Crippen LogP contribution in [-0.4, -0.2) is 65.2 Å². The number of hydrogen-bond donors (Lipinski definition) is 2. The molecule has 9 heteroatoms. The molecule has 0 radical (unpaired) electrons. The first-order chi connectivity index (χ1) is 19.5. The first-order valence-corrected chi connectivity index (χ1v) is 13.7. The van der Waals surface area contributed by atoms with Gasteiger partial charge in [-0.25, -0.2) is 15.0 Å². The number of amides is 1. The maximum atomic E-state index is 12.6. The first kappa shape index (κ1) is 26.1.